The molecule has 44 heavy (non-hydrogen) atoms. The Hall–Kier alpha value is -5.79. The lowest BCUT2D eigenvalue weighted by atomic mass is 10.1. The molecule has 14 heteroatoms. The number of rotatable bonds is 12. The molecule has 0 aliphatic heterocycles. The van der Waals surface area contributed by atoms with Gasteiger partial charge in [-0.2, -0.15) is 0 Å². The van der Waals surface area contributed by atoms with Crippen LogP contribution in [0.15, 0.2) is 48.6 Å². The van der Waals surface area contributed by atoms with Crippen LogP contribution in [0.4, 0.5) is 0 Å². The average Bonchev–Trinajstić information content (AvgIpc) is 2.91. The molecular formula is C30H29NO13. The maximum atomic E-state index is 12.7. The molecule has 0 fully saturated rings. The number of carbonyl (C=O) groups is 7. The maximum absolute atomic E-state index is 12.7. The van der Waals surface area contributed by atoms with E-state index in [1.54, 1.807) is 0 Å². The molecule has 0 aliphatic rings. The van der Waals surface area contributed by atoms with Gasteiger partial charge in [0.2, 0.25) is 5.91 Å². The topological polar surface area (TPSA) is 189 Å². The molecule has 1 atom stereocenters. The summed E-state index contributed by atoms with van der Waals surface area (Å²) >= 11 is 0. The second-order valence-electron chi connectivity index (χ2n) is 8.89. The van der Waals surface area contributed by atoms with E-state index in [0.29, 0.717) is 11.1 Å². The normalized spacial score (nSPS) is 11.4. The van der Waals surface area contributed by atoms with Crippen molar-refractivity contribution in [2.75, 3.05) is 13.7 Å². The van der Waals surface area contributed by atoms with Gasteiger partial charge in [-0.15, -0.1) is 0 Å². The third kappa shape index (κ3) is 11.2. The number of likely N-dealkylation sites (N-methyl/N-ethyl adjacent to an activating group) is 1. The molecule has 1 N–H and O–H groups in total. The van der Waals surface area contributed by atoms with Gasteiger partial charge in [-0.05, 0) is 47.5 Å². The van der Waals surface area contributed by atoms with Crippen LogP contribution in [-0.2, 0) is 38.3 Å². The SMILES string of the molecule is CC(=O)Oc1ccc(C=CC(=O)OC[C@H](C(=O)O)N(C)C(=O)C=Cc2ccc(OC(C)=O)c(OC(C)=O)c2)cc1OC(C)=O. The number of hydrogen-bond acceptors (Lipinski definition) is 12. The van der Waals surface area contributed by atoms with Crippen LogP contribution in [0.5, 0.6) is 23.0 Å². The number of amides is 1. The molecule has 0 aliphatic carbocycles. The summed E-state index contributed by atoms with van der Waals surface area (Å²) in [6.45, 7) is 3.95. The number of benzene rings is 2. The highest BCUT2D eigenvalue weighted by atomic mass is 16.6. The third-order valence-corrected chi connectivity index (χ3v) is 5.26. The van der Waals surface area contributed by atoms with Crippen LogP contribution in [0.3, 0.4) is 0 Å². The molecule has 0 radical (unpaired) electrons. The van der Waals surface area contributed by atoms with Crippen molar-refractivity contribution in [1.82, 2.24) is 4.90 Å². The number of carbonyl (C=O) groups excluding carboxylic acids is 6. The second kappa shape index (κ2) is 16.0. The van der Waals surface area contributed by atoms with E-state index in [1.807, 2.05) is 0 Å². The summed E-state index contributed by atoms with van der Waals surface area (Å²) in [6, 6.07) is 6.76. The van der Waals surface area contributed by atoms with E-state index in [4.69, 9.17) is 23.7 Å². The fourth-order valence-corrected chi connectivity index (χ4v) is 3.37. The van der Waals surface area contributed by atoms with Gasteiger partial charge in [-0.25, -0.2) is 9.59 Å². The van der Waals surface area contributed by atoms with Gasteiger partial charge in [-0.3, -0.25) is 24.0 Å². The third-order valence-electron chi connectivity index (χ3n) is 5.26. The standard InChI is InChI=1S/C30H29NO13/c1-17(32)41-24-10-6-21(14-26(24)43-19(3)34)8-12-28(36)31(5)23(30(38)39)16-40-29(37)13-9-22-7-11-25(42-18(2)33)27(15-22)44-20(4)35/h6-15,23H,16H2,1-5H3,(H,38,39)/t23-/m1/s1. The van der Waals surface area contributed by atoms with E-state index in [1.165, 1.54) is 69.4 Å². The average molecular weight is 612 g/mol. The van der Waals surface area contributed by atoms with Crippen molar-refractivity contribution in [3.05, 3.63) is 59.7 Å². The van der Waals surface area contributed by atoms with E-state index in [2.05, 4.69) is 0 Å². The molecule has 0 spiro atoms. The van der Waals surface area contributed by atoms with Crippen LogP contribution >= 0.6 is 0 Å². The summed E-state index contributed by atoms with van der Waals surface area (Å²) in [5.41, 5.74) is 0.721. The van der Waals surface area contributed by atoms with Crippen LogP contribution in [0.25, 0.3) is 12.2 Å². The minimum absolute atomic E-state index is 0.0117. The highest BCUT2D eigenvalue weighted by Gasteiger charge is 2.27. The smallest absolute Gasteiger partial charge is 0.330 e. The number of esters is 5. The van der Waals surface area contributed by atoms with Crippen LogP contribution in [0, 0.1) is 0 Å². The first-order valence-corrected chi connectivity index (χ1v) is 12.7. The Kier molecular flexibility index (Phi) is 12.5. The van der Waals surface area contributed by atoms with Gasteiger partial charge < -0.3 is 33.7 Å². The maximum Gasteiger partial charge on any atom is 0.330 e. The molecule has 0 aromatic heterocycles. The lowest BCUT2D eigenvalue weighted by Gasteiger charge is -2.23. The van der Waals surface area contributed by atoms with Gasteiger partial charge >= 0.3 is 35.8 Å². The molecule has 2 aromatic rings. The van der Waals surface area contributed by atoms with Crippen molar-refractivity contribution in [1.29, 1.82) is 0 Å². The lowest BCUT2D eigenvalue weighted by molar-refractivity contribution is -0.153. The minimum Gasteiger partial charge on any atom is -0.480 e. The summed E-state index contributed by atoms with van der Waals surface area (Å²) in [5.74, 6) is -5.92. The second-order valence-corrected chi connectivity index (χ2v) is 8.89. The summed E-state index contributed by atoms with van der Waals surface area (Å²) < 4.78 is 25.0. The Morgan fingerprint density at radius 3 is 1.50 bits per heavy atom. The number of carboxylic acids is 1. The van der Waals surface area contributed by atoms with E-state index in [0.717, 1.165) is 30.9 Å². The highest BCUT2D eigenvalue weighted by molar-refractivity contribution is 5.94. The van der Waals surface area contributed by atoms with Crippen LogP contribution in [0.2, 0.25) is 0 Å². The zero-order valence-electron chi connectivity index (χ0n) is 24.4. The number of aliphatic carboxylic acids is 1. The van der Waals surface area contributed by atoms with Crippen molar-refractivity contribution in [2.24, 2.45) is 0 Å². The van der Waals surface area contributed by atoms with Crippen molar-refractivity contribution in [3.63, 3.8) is 0 Å². The minimum atomic E-state index is -1.55. The zero-order chi connectivity index (χ0) is 33.0. The fourth-order valence-electron chi connectivity index (χ4n) is 3.37. The molecule has 0 bridgehead atoms. The first kappa shape index (κ1) is 34.4. The summed E-state index contributed by atoms with van der Waals surface area (Å²) in [4.78, 5) is 83.0. The van der Waals surface area contributed by atoms with Gasteiger partial charge in [0.15, 0.2) is 29.0 Å². The molecule has 2 rings (SSSR count). The van der Waals surface area contributed by atoms with Gasteiger partial charge in [0.1, 0.15) is 6.61 Å². The van der Waals surface area contributed by atoms with Gasteiger partial charge in [0.05, 0.1) is 0 Å². The molecule has 0 saturated heterocycles. The Balaban J connectivity index is 2.09. The van der Waals surface area contributed by atoms with Crippen molar-refractivity contribution in [2.45, 2.75) is 33.7 Å². The fraction of sp³-hybridized carbons (Fsp3) is 0.233. The predicted octanol–water partition coefficient (Wildman–Crippen LogP) is 2.57. The quantitative estimate of drug-likeness (QED) is 0.210. The van der Waals surface area contributed by atoms with E-state index < -0.39 is 54.4 Å². The largest absolute Gasteiger partial charge is 0.480 e. The zero-order valence-corrected chi connectivity index (χ0v) is 24.4. The lowest BCUT2D eigenvalue weighted by Crippen LogP contribution is -2.45. The summed E-state index contributed by atoms with van der Waals surface area (Å²) in [7, 11) is 1.20. The Morgan fingerprint density at radius 2 is 1.09 bits per heavy atom. The van der Waals surface area contributed by atoms with Gasteiger partial charge in [0.25, 0.3) is 0 Å². The highest BCUT2D eigenvalue weighted by Crippen LogP contribution is 2.30. The van der Waals surface area contributed by atoms with Crippen LogP contribution in [-0.4, -0.2) is 71.4 Å². The van der Waals surface area contributed by atoms with Gasteiger partial charge in [-0.1, -0.05) is 12.1 Å². The summed E-state index contributed by atoms with van der Waals surface area (Å²) in [6.07, 6.45) is 4.64. The monoisotopic (exact) mass is 611 g/mol. The van der Waals surface area contributed by atoms with E-state index >= 15 is 0 Å². The molecule has 14 nitrogen and oxygen atoms in total. The van der Waals surface area contributed by atoms with Crippen molar-refractivity contribution in [3.8, 4) is 23.0 Å². The van der Waals surface area contributed by atoms with E-state index in [-0.39, 0.29) is 23.0 Å². The molecular weight excluding hydrogens is 582 g/mol. The molecule has 232 valence electrons. The first-order valence-electron chi connectivity index (χ1n) is 12.7. The number of hydrogen-bond donors (Lipinski definition) is 1. The summed E-state index contributed by atoms with van der Waals surface area (Å²) in [5, 5.41) is 9.62. The van der Waals surface area contributed by atoms with E-state index in [9.17, 15) is 38.7 Å². The van der Waals surface area contributed by atoms with Crippen molar-refractivity contribution < 1.29 is 62.4 Å². The molecule has 0 unspecified atom stereocenters. The molecule has 0 heterocycles. The molecule has 1 amide bonds. The predicted molar refractivity (Wildman–Crippen MR) is 151 cm³/mol. The van der Waals surface area contributed by atoms with Crippen LogP contribution in [0.1, 0.15) is 38.8 Å². The Bertz CT molecular complexity index is 1520. The number of carboxylic acid groups (broad SMARTS) is 1. The van der Waals surface area contributed by atoms with Crippen molar-refractivity contribution >= 4 is 53.9 Å². The molecule has 2 aromatic carbocycles. The molecule has 0 saturated carbocycles. The van der Waals surface area contributed by atoms with Gasteiger partial charge in [0, 0.05) is 46.9 Å². The van der Waals surface area contributed by atoms with Crippen LogP contribution < -0.4 is 18.9 Å². The Morgan fingerprint density at radius 1 is 0.682 bits per heavy atom. The Labute approximate surface area is 251 Å². The first-order chi connectivity index (χ1) is 20.7. The number of ether oxygens (including phenoxy) is 5. The number of nitrogens with zero attached hydrogens (tertiary/aromatic N) is 1.